The number of likely N-dealkylation sites (tertiary alicyclic amines) is 2. The predicted molar refractivity (Wildman–Crippen MR) is 87.9 cm³/mol. The van der Waals surface area contributed by atoms with Crippen molar-refractivity contribution in [3.05, 3.63) is 36.0 Å². The molecule has 3 heterocycles. The standard InChI is InChI=1S/C18H21N3O2/c22-17-6-3-8-21(17)14-7-9-20(12-14)18(23)10-13-11-19-16-5-2-1-4-15(13)16/h1-2,4-5,11,14,19H,3,6-10,12H2/t14-/m0/s1. The molecule has 2 amide bonds. The summed E-state index contributed by atoms with van der Waals surface area (Å²) in [5.41, 5.74) is 2.11. The van der Waals surface area contributed by atoms with Crippen molar-refractivity contribution in [3.8, 4) is 0 Å². The van der Waals surface area contributed by atoms with Crippen molar-refractivity contribution in [3.63, 3.8) is 0 Å². The third-order valence-electron chi connectivity index (χ3n) is 5.08. The Labute approximate surface area is 135 Å². The third-order valence-corrected chi connectivity index (χ3v) is 5.08. The second-order valence-corrected chi connectivity index (χ2v) is 6.51. The number of para-hydroxylation sites is 1. The van der Waals surface area contributed by atoms with E-state index >= 15 is 0 Å². The molecule has 120 valence electrons. The van der Waals surface area contributed by atoms with Crippen LogP contribution in [-0.4, -0.2) is 52.3 Å². The average molecular weight is 311 g/mol. The highest BCUT2D eigenvalue weighted by molar-refractivity contribution is 5.89. The monoisotopic (exact) mass is 311 g/mol. The largest absolute Gasteiger partial charge is 0.361 e. The molecule has 2 aromatic rings. The first-order valence-corrected chi connectivity index (χ1v) is 8.34. The minimum atomic E-state index is 0.156. The van der Waals surface area contributed by atoms with E-state index in [4.69, 9.17) is 0 Å². The molecule has 2 aliphatic heterocycles. The molecule has 1 atom stereocenters. The summed E-state index contributed by atoms with van der Waals surface area (Å²) >= 11 is 0. The Kier molecular flexibility index (Phi) is 3.56. The zero-order valence-corrected chi connectivity index (χ0v) is 13.1. The van der Waals surface area contributed by atoms with Gasteiger partial charge in [0.2, 0.25) is 11.8 Å². The number of benzene rings is 1. The molecule has 0 saturated carbocycles. The number of nitrogens with zero attached hydrogens (tertiary/aromatic N) is 2. The molecule has 1 N–H and O–H groups in total. The summed E-state index contributed by atoms with van der Waals surface area (Å²) < 4.78 is 0. The molecule has 2 aliphatic rings. The predicted octanol–water partition coefficient (Wildman–Crippen LogP) is 1.93. The Balaban J connectivity index is 1.43. The SMILES string of the molecule is O=C(Cc1c[nH]c2ccccc12)N1CC[C@H](N2CCCC2=O)C1. The highest BCUT2D eigenvalue weighted by Crippen LogP contribution is 2.23. The maximum Gasteiger partial charge on any atom is 0.227 e. The van der Waals surface area contributed by atoms with Crippen LogP contribution in [0.5, 0.6) is 0 Å². The van der Waals surface area contributed by atoms with E-state index in [1.165, 1.54) is 0 Å². The summed E-state index contributed by atoms with van der Waals surface area (Å²) in [6.45, 7) is 2.30. The highest BCUT2D eigenvalue weighted by Gasteiger charge is 2.34. The minimum absolute atomic E-state index is 0.156. The lowest BCUT2D eigenvalue weighted by Crippen LogP contribution is -2.39. The van der Waals surface area contributed by atoms with Crippen LogP contribution in [0.1, 0.15) is 24.8 Å². The fourth-order valence-corrected chi connectivity index (χ4v) is 3.83. The molecule has 4 rings (SSSR count). The molecule has 23 heavy (non-hydrogen) atoms. The van der Waals surface area contributed by atoms with E-state index in [1.54, 1.807) is 0 Å². The van der Waals surface area contributed by atoms with Gasteiger partial charge < -0.3 is 14.8 Å². The number of H-pyrrole nitrogens is 1. The zero-order chi connectivity index (χ0) is 15.8. The number of nitrogens with one attached hydrogen (secondary N) is 1. The fraction of sp³-hybridized carbons (Fsp3) is 0.444. The Hall–Kier alpha value is -2.30. The van der Waals surface area contributed by atoms with E-state index in [2.05, 4.69) is 4.98 Å². The van der Waals surface area contributed by atoms with Crippen LogP contribution >= 0.6 is 0 Å². The summed E-state index contributed by atoms with van der Waals surface area (Å²) in [5.74, 6) is 0.407. The molecule has 1 aromatic heterocycles. The van der Waals surface area contributed by atoms with Crippen LogP contribution in [-0.2, 0) is 16.0 Å². The van der Waals surface area contributed by atoms with Crippen LogP contribution in [0.4, 0.5) is 0 Å². The van der Waals surface area contributed by atoms with Crippen molar-refractivity contribution in [2.45, 2.75) is 31.7 Å². The lowest BCUT2D eigenvalue weighted by molar-refractivity contribution is -0.132. The first-order chi connectivity index (χ1) is 11.2. The molecule has 5 heteroatoms. The van der Waals surface area contributed by atoms with Gasteiger partial charge >= 0.3 is 0 Å². The normalized spacial score (nSPS) is 21.6. The van der Waals surface area contributed by atoms with Gasteiger partial charge in [-0.25, -0.2) is 0 Å². The van der Waals surface area contributed by atoms with Gasteiger partial charge in [0.25, 0.3) is 0 Å². The Morgan fingerprint density at radius 2 is 2.13 bits per heavy atom. The van der Waals surface area contributed by atoms with Gasteiger partial charge in [-0.2, -0.15) is 0 Å². The molecular weight excluding hydrogens is 290 g/mol. The van der Waals surface area contributed by atoms with Gasteiger partial charge in [0.15, 0.2) is 0 Å². The molecule has 2 saturated heterocycles. The van der Waals surface area contributed by atoms with Crippen LogP contribution in [0.3, 0.4) is 0 Å². The number of aromatic amines is 1. The first kappa shape index (κ1) is 14.3. The van der Waals surface area contributed by atoms with Crippen LogP contribution in [0.15, 0.2) is 30.5 Å². The number of rotatable bonds is 3. The van der Waals surface area contributed by atoms with E-state index in [1.807, 2.05) is 40.3 Å². The smallest absolute Gasteiger partial charge is 0.227 e. The molecule has 0 unspecified atom stereocenters. The van der Waals surface area contributed by atoms with E-state index in [9.17, 15) is 9.59 Å². The van der Waals surface area contributed by atoms with Crippen molar-refractivity contribution in [2.24, 2.45) is 0 Å². The second kappa shape index (κ2) is 5.72. The maximum atomic E-state index is 12.6. The van der Waals surface area contributed by atoms with E-state index < -0.39 is 0 Å². The van der Waals surface area contributed by atoms with Gasteiger partial charge in [-0.3, -0.25) is 9.59 Å². The van der Waals surface area contributed by atoms with Crippen LogP contribution in [0.2, 0.25) is 0 Å². The third kappa shape index (κ3) is 2.60. The summed E-state index contributed by atoms with van der Waals surface area (Å²) in [6.07, 6.45) is 4.88. The van der Waals surface area contributed by atoms with E-state index in [-0.39, 0.29) is 17.9 Å². The number of amides is 2. The van der Waals surface area contributed by atoms with Gasteiger partial charge in [0.05, 0.1) is 12.5 Å². The zero-order valence-electron chi connectivity index (χ0n) is 13.1. The number of aromatic nitrogens is 1. The molecule has 0 bridgehead atoms. The number of fused-ring (bicyclic) bond motifs is 1. The molecule has 0 aliphatic carbocycles. The number of hydrogen-bond acceptors (Lipinski definition) is 2. The molecule has 0 spiro atoms. The number of hydrogen-bond donors (Lipinski definition) is 1. The molecule has 1 aromatic carbocycles. The van der Waals surface area contributed by atoms with Gasteiger partial charge in [-0.1, -0.05) is 18.2 Å². The number of carbonyl (C=O) groups excluding carboxylic acids is 2. The maximum absolute atomic E-state index is 12.6. The average Bonchev–Trinajstić information content (AvgIpc) is 3.27. The van der Waals surface area contributed by atoms with Crippen molar-refractivity contribution < 1.29 is 9.59 Å². The minimum Gasteiger partial charge on any atom is -0.361 e. The summed E-state index contributed by atoms with van der Waals surface area (Å²) in [6, 6.07) is 8.27. The summed E-state index contributed by atoms with van der Waals surface area (Å²) in [5, 5.41) is 1.12. The Morgan fingerprint density at radius 1 is 1.26 bits per heavy atom. The van der Waals surface area contributed by atoms with Crippen LogP contribution in [0.25, 0.3) is 10.9 Å². The van der Waals surface area contributed by atoms with Crippen molar-refractivity contribution in [2.75, 3.05) is 19.6 Å². The second-order valence-electron chi connectivity index (χ2n) is 6.51. The lowest BCUT2D eigenvalue weighted by Gasteiger charge is -2.24. The van der Waals surface area contributed by atoms with Crippen LogP contribution in [0, 0.1) is 0 Å². The molecule has 5 nitrogen and oxygen atoms in total. The topological polar surface area (TPSA) is 56.4 Å². The van der Waals surface area contributed by atoms with Crippen molar-refractivity contribution in [1.29, 1.82) is 0 Å². The fourth-order valence-electron chi connectivity index (χ4n) is 3.83. The van der Waals surface area contributed by atoms with Gasteiger partial charge in [0.1, 0.15) is 0 Å². The van der Waals surface area contributed by atoms with E-state index in [0.29, 0.717) is 19.4 Å². The molecular formula is C18H21N3O2. The van der Waals surface area contributed by atoms with Crippen molar-refractivity contribution >= 4 is 22.7 Å². The Bertz CT molecular complexity index is 752. The van der Waals surface area contributed by atoms with E-state index in [0.717, 1.165) is 42.4 Å². The first-order valence-electron chi connectivity index (χ1n) is 8.34. The highest BCUT2D eigenvalue weighted by atomic mass is 16.2. The van der Waals surface area contributed by atoms with Crippen LogP contribution < -0.4 is 0 Å². The number of carbonyl (C=O) groups is 2. The Morgan fingerprint density at radius 3 is 2.96 bits per heavy atom. The van der Waals surface area contributed by atoms with Gasteiger partial charge in [0, 0.05) is 43.2 Å². The van der Waals surface area contributed by atoms with Gasteiger partial charge in [-0.15, -0.1) is 0 Å². The van der Waals surface area contributed by atoms with Gasteiger partial charge in [-0.05, 0) is 24.5 Å². The summed E-state index contributed by atoms with van der Waals surface area (Å²) in [7, 11) is 0. The van der Waals surface area contributed by atoms with Crippen molar-refractivity contribution in [1.82, 2.24) is 14.8 Å². The summed E-state index contributed by atoms with van der Waals surface area (Å²) in [4.78, 5) is 31.6. The lowest BCUT2D eigenvalue weighted by atomic mass is 10.1. The molecule has 2 fully saturated rings. The molecule has 0 radical (unpaired) electrons. The quantitative estimate of drug-likeness (QED) is 0.942.